The summed E-state index contributed by atoms with van der Waals surface area (Å²) in [5.74, 6) is -0.454. The van der Waals surface area contributed by atoms with Crippen LogP contribution in [0.15, 0.2) is 24.3 Å². The second kappa shape index (κ2) is 8.52. The number of hydrogen-bond donors (Lipinski definition) is 0. The lowest BCUT2D eigenvalue weighted by Crippen LogP contribution is -2.41. The summed E-state index contributed by atoms with van der Waals surface area (Å²) < 4.78 is 43.3. The highest BCUT2D eigenvalue weighted by atomic mass is 32.1. The van der Waals surface area contributed by atoms with E-state index in [1.807, 2.05) is 0 Å². The summed E-state index contributed by atoms with van der Waals surface area (Å²) in [6, 6.07) is 4.58. The van der Waals surface area contributed by atoms with E-state index in [1.54, 1.807) is 11.8 Å². The highest BCUT2D eigenvalue weighted by molar-refractivity contribution is 7.17. The number of piperidine rings is 1. The predicted octanol–water partition coefficient (Wildman–Crippen LogP) is 4.55. The number of nitrogens with zero attached hydrogens (tertiary/aromatic N) is 2. The van der Waals surface area contributed by atoms with Crippen LogP contribution in [0.2, 0.25) is 0 Å². The van der Waals surface area contributed by atoms with Gasteiger partial charge in [-0.05, 0) is 37.8 Å². The second-order valence-electron chi connectivity index (χ2n) is 7.17. The molecule has 1 aromatic heterocycles. The smallest absolute Gasteiger partial charge is 0.416 e. The van der Waals surface area contributed by atoms with Crippen LogP contribution in [0.25, 0.3) is 10.6 Å². The van der Waals surface area contributed by atoms with Gasteiger partial charge in [0.05, 0.1) is 11.3 Å². The van der Waals surface area contributed by atoms with E-state index in [-0.39, 0.29) is 17.4 Å². The van der Waals surface area contributed by atoms with E-state index in [9.17, 15) is 22.8 Å². The van der Waals surface area contributed by atoms with Crippen molar-refractivity contribution in [3.05, 3.63) is 40.4 Å². The molecule has 1 saturated heterocycles. The number of ether oxygens (including phenoxy) is 1. The molecule has 1 aliphatic rings. The van der Waals surface area contributed by atoms with Gasteiger partial charge in [0, 0.05) is 18.7 Å². The van der Waals surface area contributed by atoms with Crippen molar-refractivity contribution < 1.29 is 27.5 Å². The fourth-order valence-electron chi connectivity index (χ4n) is 3.21. The molecule has 1 amide bonds. The van der Waals surface area contributed by atoms with Crippen LogP contribution in [-0.4, -0.2) is 41.5 Å². The number of aromatic nitrogens is 1. The summed E-state index contributed by atoms with van der Waals surface area (Å²) in [5, 5.41) is 0.416. The molecule has 2 aromatic rings. The van der Waals surface area contributed by atoms with Gasteiger partial charge in [0.1, 0.15) is 9.88 Å². The van der Waals surface area contributed by atoms with Crippen molar-refractivity contribution in [3.63, 3.8) is 0 Å². The van der Waals surface area contributed by atoms with E-state index in [0.717, 1.165) is 36.3 Å². The number of rotatable bonds is 4. The number of amides is 1. The van der Waals surface area contributed by atoms with Gasteiger partial charge in [-0.15, -0.1) is 11.3 Å². The topological polar surface area (TPSA) is 59.5 Å². The normalized spacial score (nSPS) is 17.3. The van der Waals surface area contributed by atoms with Gasteiger partial charge in [-0.1, -0.05) is 19.1 Å². The van der Waals surface area contributed by atoms with Crippen molar-refractivity contribution in [3.8, 4) is 10.6 Å². The minimum Gasteiger partial charge on any atom is -0.451 e. The Kier molecular flexibility index (Phi) is 6.26. The lowest BCUT2D eigenvalue weighted by Gasteiger charge is -2.30. The molecule has 0 aliphatic carbocycles. The molecule has 5 nitrogen and oxygen atoms in total. The molecule has 2 heterocycles. The molecule has 0 spiro atoms. The molecule has 1 aliphatic heterocycles. The molecule has 0 saturated carbocycles. The fraction of sp³-hybridized carbons (Fsp3) is 0.450. The molecule has 3 rings (SSSR count). The van der Waals surface area contributed by atoms with Gasteiger partial charge in [-0.2, -0.15) is 13.2 Å². The number of hydrogen-bond acceptors (Lipinski definition) is 5. The Bertz CT molecular complexity index is 893. The maximum absolute atomic E-state index is 12.7. The first-order valence-corrected chi connectivity index (χ1v) is 10.1. The largest absolute Gasteiger partial charge is 0.451 e. The number of aryl methyl sites for hydroxylation is 1. The summed E-state index contributed by atoms with van der Waals surface area (Å²) in [7, 11) is 0. The third-order valence-corrected chi connectivity index (χ3v) is 5.96. The predicted molar refractivity (Wildman–Crippen MR) is 103 cm³/mol. The van der Waals surface area contributed by atoms with Crippen molar-refractivity contribution in [1.82, 2.24) is 9.88 Å². The Morgan fingerprint density at radius 2 is 1.97 bits per heavy atom. The Balaban J connectivity index is 1.65. The minimum atomic E-state index is -4.41. The maximum atomic E-state index is 12.7. The van der Waals surface area contributed by atoms with Crippen molar-refractivity contribution in [1.29, 1.82) is 0 Å². The third-order valence-electron chi connectivity index (χ3n) is 4.78. The lowest BCUT2D eigenvalue weighted by atomic mass is 10.0. The minimum absolute atomic E-state index is 0.227. The highest BCUT2D eigenvalue weighted by Crippen LogP contribution is 2.33. The number of likely N-dealkylation sites (tertiary alicyclic amines) is 1. The number of benzene rings is 1. The first-order chi connectivity index (χ1) is 13.6. The van der Waals surface area contributed by atoms with Gasteiger partial charge in [0.15, 0.2) is 6.61 Å². The first kappa shape index (κ1) is 21.3. The van der Waals surface area contributed by atoms with E-state index in [4.69, 9.17) is 4.74 Å². The van der Waals surface area contributed by atoms with Gasteiger partial charge in [0.25, 0.3) is 5.91 Å². The third kappa shape index (κ3) is 5.14. The van der Waals surface area contributed by atoms with Crippen LogP contribution in [0.3, 0.4) is 0 Å². The molecular formula is C20H21F3N2O3S. The fourth-order valence-corrected chi connectivity index (χ4v) is 4.18. The number of alkyl halides is 3. The molecule has 156 valence electrons. The summed E-state index contributed by atoms with van der Waals surface area (Å²) in [4.78, 5) is 30.8. The highest BCUT2D eigenvalue weighted by Gasteiger charge is 2.30. The zero-order chi connectivity index (χ0) is 21.2. The van der Waals surface area contributed by atoms with E-state index in [1.165, 1.54) is 12.1 Å². The van der Waals surface area contributed by atoms with Gasteiger partial charge >= 0.3 is 12.1 Å². The first-order valence-electron chi connectivity index (χ1n) is 9.25. The summed E-state index contributed by atoms with van der Waals surface area (Å²) >= 11 is 1.03. The standard InChI is InChI=1S/C20H21F3N2O3S/c1-12-4-3-9-25(10-12)16(26)11-28-19(27)17-13(2)24-18(29-17)14-5-7-15(8-6-14)20(21,22)23/h5-8,12H,3-4,9-11H2,1-2H3. The molecular weight excluding hydrogens is 405 g/mol. The molecule has 1 unspecified atom stereocenters. The van der Waals surface area contributed by atoms with Gasteiger partial charge in [0.2, 0.25) is 0 Å². The molecule has 1 fully saturated rings. The van der Waals surface area contributed by atoms with E-state index < -0.39 is 17.7 Å². The Morgan fingerprint density at radius 3 is 2.59 bits per heavy atom. The van der Waals surface area contributed by atoms with Gasteiger partial charge in [-0.25, -0.2) is 9.78 Å². The Labute approximate surface area is 170 Å². The second-order valence-corrected chi connectivity index (χ2v) is 8.17. The van der Waals surface area contributed by atoms with Crippen molar-refractivity contribution in [2.24, 2.45) is 5.92 Å². The van der Waals surface area contributed by atoms with E-state index >= 15 is 0 Å². The van der Waals surface area contributed by atoms with Crippen molar-refractivity contribution >= 4 is 23.2 Å². The van der Waals surface area contributed by atoms with Crippen LogP contribution in [0, 0.1) is 12.8 Å². The Hall–Kier alpha value is -2.42. The number of halogens is 3. The SMILES string of the molecule is Cc1nc(-c2ccc(C(F)(F)F)cc2)sc1C(=O)OCC(=O)N1CCCC(C)C1. The van der Waals surface area contributed by atoms with Gasteiger partial charge < -0.3 is 9.64 Å². The number of carbonyl (C=O) groups is 2. The molecule has 0 bridgehead atoms. The van der Waals surface area contributed by atoms with E-state index in [0.29, 0.717) is 35.3 Å². The molecule has 29 heavy (non-hydrogen) atoms. The van der Waals surface area contributed by atoms with E-state index in [2.05, 4.69) is 11.9 Å². The van der Waals surface area contributed by atoms with Crippen LogP contribution in [0.4, 0.5) is 13.2 Å². The number of thiazole rings is 1. The number of carbonyl (C=O) groups excluding carboxylic acids is 2. The van der Waals surface area contributed by atoms with Crippen LogP contribution < -0.4 is 0 Å². The van der Waals surface area contributed by atoms with Crippen molar-refractivity contribution in [2.45, 2.75) is 32.9 Å². The monoisotopic (exact) mass is 426 g/mol. The summed E-state index contributed by atoms with van der Waals surface area (Å²) in [6.07, 6.45) is -2.40. The molecule has 9 heteroatoms. The zero-order valence-corrected chi connectivity index (χ0v) is 16.9. The number of esters is 1. The van der Waals surface area contributed by atoms with Crippen LogP contribution >= 0.6 is 11.3 Å². The Morgan fingerprint density at radius 1 is 1.28 bits per heavy atom. The van der Waals surface area contributed by atoms with Crippen molar-refractivity contribution in [2.75, 3.05) is 19.7 Å². The van der Waals surface area contributed by atoms with Gasteiger partial charge in [-0.3, -0.25) is 4.79 Å². The quantitative estimate of drug-likeness (QED) is 0.673. The average molecular weight is 426 g/mol. The van der Waals surface area contributed by atoms with Crippen LogP contribution in [-0.2, 0) is 15.7 Å². The molecule has 0 N–H and O–H groups in total. The summed E-state index contributed by atoms with van der Waals surface area (Å²) in [5.41, 5.74) is 0.136. The van der Waals surface area contributed by atoms with Crippen LogP contribution in [0.5, 0.6) is 0 Å². The molecule has 1 atom stereocenters. The lowest BCUT2D eigenvalue weighted by molar-refractivity contribution is -0.137. The summed E-state index contributed by atoms with van der Waals surface area (Å²) in [6.45, 7) is 4.69. The molecule has 1 aromatic carbocycles. The average Bonchev–Trinajstić information content (AvgIpc) is 3.07. The van der Waals surface area contributed by atoms with Crippen LogP contribution in [0.1, 0.15) is 40.7 Å². The molecule has 0 radical (unpaired) electrons. The zero-order valence-electron chi connectivity index (χ0n) is 16.1. The maximum Gasteiger partial charge on any atom is 0.416 e.